The summed E-state index contributed by atoms with van der Waals surface area (Å²) in [5, 5.41) is 18.0. The molecule has 2 aromatic rings. The van der Waals surface area contributed by atoms with Crippen molar-refractivity contribution in [3.8, 4) is 11.3 Å². The number of aromatic nitrogens is 3. The van der Waals surface area contributed by atoms with Crippen LogP contribution >= 0.6 is 0 Å². The quantitative estimate of drug-likeness (QED) is 0.745. The van der Waals surface area contributed by atoms with E-state index in [2.05, 4.69) is 38.8 Å². The SMILES string of the molecule is CCN(CC)CCNC(=O)c1c(-c2cccnc2)no[n+]1[O-]. The monoisotopic (exact) mass is 305 g/mol. The standard InChI is InChI=1S/C14H19N5O3/c1-3-18(4-2)9-8-16-14(20)13-12(17-22-19(13)21)11-6-5-7-15-10-11/h5-7,10H,3-4,8-9H2,1-2H3,(H,16,20). The number of hydrogen-bond donors (Lipinski definition) is 1. The van der Waals surface area contributed by atoms with Crippen LogP contribution in [0.25, 0.3) is 11.3 Å². The Balaban J connectivity index is 2.09. The van der Waals surface area contributed by atoms with Crippen LogP contribution in [0.4, 0.5) is 0 Å². The second-order valence-electron chi connectivity index (χ2n) is 4.65. The summed E-state index contributed by atoms with van der Waals surface area (Å²) in [6, 6.07) is 3.40. The van der Waals surface area contributed by atoms with E-state index in [9.17, 15) is 10.0 Å². The lowest BCUT2D eigenvalue weighted by Crippen LogP contribution is -2.40. The highest BCUT2D eigenvalue weighted by atomic mass is 16.8. The number of hydrogen-bond acceptors (Lipinski definition) is 6. The average molecular weight is 305 g/mol. The Morgan fingerprint density at radius 1 is 1.45 bits per heavy atom. The molecule has 2 heterocycles. The molecule has 1 N–H and O–H groups in total. The van der Waals surface area contributed by atoms with Gasteiger partial charge in [-0.15, -0.1) is 0 Å². The Hall–Kier alpha value is -2.48. The smallest absolute Gasteiger partial charge is 0.300 e. The average Bonchev–Trinajstić information content (AvgIpc) is 2.94. The molecule has 8 heteroatoms. The van der Waals surface area contributed by atoms with Crippen molar-refractivity contribution in [2.45, 2.75) is 13.8 Å². The van der Waals surface area contributed by atoms with E-state index < -0.39 is 5.91 Å². The van der Waals surface area contributed by atoms with Gasteiger partial charge in [0.2, 0.25) is 0 Å². The van der Waals surface area contributed by atoms with Gasteiger partial charge in [0.25, 0.3) is 17.3 Å². The molecule has 1 amide bonds. The molecule has 0 fully saturated rings. The van der Waals surface area contributed by atoms with Crippen LogP contribution in [0.2, 0.25) is 0 Å². The Morgan fingerprint density at radius 3 is 2.86 bits per heavy atom. The molecule has 8 nitrogen and oxygen atoms in total. The van der Waals surface area contributed by atoms with Gasteiger partial charge >= 0.3 is 0 Å². The molecule has 0 unspecified atom stereocenters. The van der Waals surface area contributed by atoms with E-state index in [0.717, 1.165) is 13.1 Å². The van der Waals surface area contributed by atoms with Crippen LogP contribution < -0.4 is 10.2 Å². The molecule has 0 aromatic carbocycles. The molecule has 0 saturated carbocycles. The van der Waals surface area contributed by atoms with E-state index in [-0.39, 0.29) is 16.3 Å². The zero-order chi connectivity index (χ0) is 15.9. The van der Waals surface area contributed by atoms with Crippen molar-refractivity contribution in [3.63, 3.8) is 0 Å². The molecule has 0 aliphatic carbocycles. The minimum absolute atomic E-state index is 0.120. The normalized spacial score (nSPS) is 10.9. The summed E-state index contributed by atoms with van der Waals surface area (Å²) >= 11 is 0. The van der Waals surface area contributed by atoms with Gasteiger partial charge in [0, 0.05) is 30.6 Å². The third kappa shape index (κ3) is 3.59. The highest BCUT2D eigenvalue weighted by Crippen LogP contribution is 2.17. The van der Waals surface area contributed by atoms with Crippen LogP contribution in [0.3, 0.4) is 0 Å². The Morgan fingerprint density at radius 2 is 2.23 bits per heavy atom. The Kier molecular flexibility index (Phi) is 5.42. The molecular formula is C14H19N5O3. The molecule has 0 aliphatic rings. The van der Waals surface area contributed by atoms with Crippen LogP contribution in [0.5, 0.6) is 0 Å². The van der Waals surface area contributed by atoms with Gasteiger partial charge in [-0.1, -0.05) is 13.8 Å². The van der Waals surface area contributed by atoms with Crippen molar-refractivity contribution >= 4 is 5.91 Å². The fourth-order valence-electron chi connectivity index (χ4n) is 2.08. The van der Waals surface area contributed by atoms with Crippen LogP contribution in [0.1, 0.15) is 24.3 Å². The Bertz CT molecular complexity index is 610. The predicted molar refractivity (Wildman–Crippen MR) is 78.8 cm³/mol. The van der Waals surface area contributed by atoms with Crippen LogP contribution in [-0.4, -0.2) is 47.1 Å². The van der Waals surface area contributed by atoms with E-state index >= 15 is 0 Å². The number of likely N-dealkylation sites (N-methyl/N-ethyl adjacent to an activating group) is 1. The van der Waals surface area contributed by atoms with Crippen molar-refractivity contribution in [2.24, 2.45) is 0 Å². The summed E-state index contributed by atoms with van der Waals surface area (Å²) in [5.74, 6) is -0.512. The lowest BCUT2D eigenvalue weighted by Gasteiger charge is -2.17. The van der Waals surface area contributed by atoms with Crippen molar-refractivity contribution < 1.29 is 14.3 Å². The molecule has 22 heavy (non-hydrogen) atoms. The molecule has 2 rings (SSSR count). The first-order valence-electron chi connectivity index (χ1n) is 7.18. The first-order valence-corrected chi connectivity index (χ1v) is 7.18. The van der Waals surface area contributed by atoms with Gasteiger partial charge in [0.15, 0.2) is 0 Å². The molecule has 0 atom stereocenters. The van der Waals surface area contributed by atoms with Crippen LogP contribution in [0, 0.1) is 5.21 Å². The fourth-order valence-corrected chi connectivity index (χ4v) is 2.08. The maximum atomic E-state index is 12.2. The molecule has 0 saturated heterocycles. The van der Waals surface area contributed by atoms with Gasteiger partial charge in [-0.05, 0) is 30.1 Å². The van der Waals surface area contributed by atoms with Gasteiger partial charge in [-0.3, -0.25) is 14.4 Å². The number of amides is 1. The molecule has 0 spiro atoms. The maximum absolute atomic E-state index is 12.2. The van der Waals surface area contributed by atoms with E-state index in [0.29, 0.717) is 18.7 Å². The fraction of sp³-hybridized carbons (Fsp3) is 0.429. The van der Waals surface area contributed by atoms with Crippen molar-refractivity contribution in [1.29, 1.82) is 0 Å². The van der Waals surface area contributed by atoms with Crippen molar-refractivity contribution in [3.05, 3.63) is 35.4 Å². The molecule has 118 valence electrons. The first kappa shape index (κ1) is 15.9. The minimum atomic E-state index is -0.512. The summed E-state index contributed by atoms with van der Waals surface area (Å²) in [5.41, 5.74) is 0.575. The summed E-state index contributed by atoms with van der Waals surface area (Å²) in [7, 11) is 0. The minimum Gasteiger partial charge on any atom is -0.359 e. The summed E-state index contributed by atoms with van der Waals surface area (Å²) in [6.45, 7) is 7.07. The highest BCUT2D eigenvalue weighted by molar-refractivity contribution is 5.96. The van der Waals surface area contributed by atoms with E-state index in [4.69, 9.17) is 0 Å². The second-order valence-corrected chi connectivity index (χ2v) is 4.65. The van der Waals surface area contributed by atoms with Crippen molar-refractivity contribution in [1.82, 2.24) is 20.4 Å². The third-order valence-corrected chi connectivity index (χ3v) is 3.37. The molecule has 0 aliphatic heterocycles. The number of rotatable bonds is 7. The number of nitrogens with one attached hydrogen (secondary N) is 1. The molecule has 0 bridgehead atoms. The molecule has 0 radical (unpaired) electrons. The van der Waals surface area contributed by atoms with Gasteiger partial charge < -0.3 is 15.4 Å². The maximum Gasteiger partial charge on any atom is 0.300 e. The number of pyridine rings is 1. The van der Waals surface area contributed by atoms with Gasteiger partial charge in [-0.2, -0.15) is 0 Å². The summed E-state index contributed by atoms with van der Waals surface area (Å²) < 4.78 is 4.55. The molecule has 2 aromatic heterocycles. The van der Waals surface area contributed by atoms with E-state index in [1.807, 2.05) is 0 Å². The van der Waals surface area contributed by atoms with Crippen LogP contribution in [-0.2, 0) is 0 Å². The third-order valence-electron chi connectivity index (χ3n) is 3.37. The number of nitrogens with zero attached hydrogens (tertiary/aromatic N) is 4. The van der Waals surface area contributed by atoms with Crippen LogP contribution in [0.15, 0.2) is 29.2 Å². The topological polar surface area (TPSA) is 98.2 Å². The van der Waals surface area contributed by atoms with E-state index in [1.165, 1.54) is 6.20 Å². The van der Waals surface area contributed by atoms with Gasteiger partial charge in [0.05, 0.1) is 5.56 Å². The van der Waals surface area contributed by atoms with Gasteiger partial charge in [-0.25, -0.2) is 0 Å². The Labute approximate surface area is 128 Å². The summed E-state index contributed by atoms with van der Waals surface area (Å²) in [4.78, 5) is 18.4. The first-order chi connectivity index (χ1) is 10.7. The van der Waals surface area contributed by atoms with Crippen molar-refractivity contribution in [2.75, 3.05) is 26.2 Å². The zero-order valence-corrected chi connectivity index (χ0v) is 12.7. The van der Waals surface area contributed by atoms with E-state index in [1.54, 1.807) is 18.3 Å². The summed E-state index contributed by atoms with van der Waals surface area (Å²) in [6.07, 6.45) is 3.11. The highest BCUT2D eigenvalue weighted by Gasteiger charge is 2.27. The lowest BCUT2D eigenvalue weighted by molar-refractivity contribution is -0.803. The second kappa shape index (κ2) is 7.51. The number of carbonyl (C=O) groups is 1. The predicted octanol–water partition coefficient (Wildman–Crippen LogP) is 0.442. The number of carbonyl (C=O) groups excluding carboxylic acids is 1. The van der Waals surface area contributed by atoms with Gasteiger partial charge in [0.1, 0.15) is 0 Å². The zero-order valence-electron chi connectivity index (χ0n) is 12.7. The largest absolute Gasteiger partial charge is 0.359 e. The lowest BCUT2D eigenvalue weighted by atomic mass is 10.1. The molecular weight excluding hydrogens is 286 g/mol.